The minimum Gasteiger partial charge on any atom is -0.341 e. The lowest BCUT2D eigenvalue weighted by Gasteiger charge is -2.38. The van der Waals surface area contributed by atoms with Gasteiger partial charge in [-0.3, -0.25) is 9.59 Å². The molecule has 0 saturated carbocycles. The molecule has 110 valence electrons. The fraction of sp³-hybridized carbons (Fsp3) is 0.857. The molecule has 0 aromatic carbocycles. The summed E-state index contributed by atoms with van der Waals surface area (Å²) >= 11 is 0. The first-order chi connectivity index (χ1) is 8.88. The van der Waals surface area contributed by atoms with Crippen molar-refractivity contribution in [2.45, 2.75) is 52.6 Å². The molecule has 1 atom stereocenters. The number of carbonyl (C=O) groups is 2. The second kappa shape index (κ2) is 6.89. The van der Waals surface area contributed by atoms with Gasteiger partial charge in [-0.1, -0.05) is 13.8 Å². The van der Waals surface area contributed by atoms with Gasteiger partial charge in [-0.05, 0) is 25.7 Å². The molecule has 1 heterocycles. The van der Waals surface area contributed by atoms with Crippen LogP contribution in [0.1, 0.15) is 40.5 Å². The zero-order valence-corrected chi connectivity index (χ0v) is 12.6. The van der Waals surface area contributed by atoms with Crippen molar-refractivity contribution < 1.29 is 9.59 Å². The van der Waals surface area contributed by atoms with E-state index in [1.807, 2.05) is 30.6 Å². The molecule has 1 rings (SSSR count). The maximum Gasteiger partial charge on any atom is 0.239 e. The normalized spacial score (nSPS) is 18.5. The maximum atomic E-state index is 12.1. The molecule has 19 heavy (non-hydrogen) atoms. The fourth-order valence-electron chi connectivity index (χ4n) is 2.63. The molecule has 0 radical (unpaired) electrons. The minimum absolute atomic E-state index is 0.0410. The molecule has 1 saturated heterocycles. The Balaban J connectivity index is 2.53. The van der Waals surface area contributed by atoms with Crippen molar-refractivity contribution in [2.75, 3.05) is 19.6 Å². The van der Waals surface area contributed by atoms with E-state index in [4.69, 9.17) is 5.73 Å². The van der Waals surface area contributed by atoms with Crippen molar-refractivity contribution >= 4 is 11.8 Å². The average Bonchev–Trinajstić information content (AvgIpc) is 2.38. The maximum absolute atomic E-state index is 12.1. The highest BCUT2D eigenvalue weighted by molar-refractivity contribution is 5.82. The molecule has 0 aromatic rings. The summed E-state index contributed by atoms with van der Waals surface area (Å²) in [5.74, 6) is 0.320. The molecule has 5 nitrogen and oxygen atoms in total. The molecule has 0 spiro atoms. The van der Waals surface area contributed by atoms with E-state index in [9.17, 15) is 9.59 Å². The van der Waals surface area contributed by atoms with Gasteiger partial charge in [-0.2, -0.15) is 0 Å². The number of nitrogens with zero attached hydrogens (tertiary/aromatic N) is 2. The van der Waals surface area contributed by atoms with E-state index in [2.05, 4.69) is 0 Å². The van der Waals surface area contributed by atoms with Crippen molar-refractivity contribution in [1.29, 1.82) is 0 Å². The molecule has 0 aliphatic carbocycles. The van der Waals surface area contributed by atoms with Gasteiger partial charge in [0.15, 0.2) is 0 Å². The highest BCUT2D eigenvalue weighted by atomic mass is 16.2. The first kappa shape index (κ1) is 16.0. The summed E-state index contributed by atoms with van der Waals surface area (Å²) < 4.78 is 0. The molecule has 5 heteroatoms. The zero-order valence-electron chi connectivity index (χ0n) is 12.6. The van der Waals surface area contributed by atoms with Gasteiger partial charge in [0.1, 0.15) is 0 Å². The first-order valence-electron chi connectivity index (χ1n) is 7.20. The monoisotopic (exact) mass is 269 g/mol. The number of hydrogen-bond acceptors (Lipinski definition) is 3. The molecule has 0 bridgehead atoms. The van der Waals surface area contributed by atoms with E-state index in [0.29, 0.717) is 13.1 Å². The summed E-state index contributed by atoms with van der Waals surface area (Å²) in [6.07, 6.45) is 1.70. The molecule has 1 fully saturated rings. The van der Waals surface area contributed by atoms with E-state index in [1.165, 1.54) is 0 Å². The number of carbonyl (C=O) groups excluding carboxylic acids is 2. The number of nitrogens with two attached hydrogens (primary N) is 1. The van der Waals surface area contributed by atoms with Crippen molar-refractivity contribution in [3.8, 4) is 0 Å². The minimum atomic E-state index is -0.411. The Hall–Kier alpha value is -1.10. The van der Waals surface area contributed by atoms with E-state index >= 15 is 0 Å². The lowest BCUT2D eigenvalue weighted by Crippen LogP contribution is -2.52. The highest BCUT2D eigenvalue weighted by Crippen LogP contribution is 2.18. The van der Waals surface area contributed by atoms with Crippen LogP contribution in [-0.2, 0) is 9.59 Å². The average molecular weight is 269 g/mol. The number of likely N-dealkylation sites (tertiary alicyclic amines) is 1. The van der Waals surface area contributed by atoms with Crippen LogP contribution < -0.4 is 5.73 Å². The predicted molar refractivity (Wildman–Crippen MR) is 75.5 cm³/mol. The first-order valence-corrected chi connectivity index (χ1v) is 7.20. The quantitative estimate of drug-likeness (QED) is 0.822. The van der Waals surface area contributed by atoms with Crippen molar-refractivity contribution in [3.63, 3.8) is 0 Å². The van der Waals surface area contributed by atoms with Crippen molar-refractivity contribution in [1.82, 2.24) is 9.80 Å². The van der Waals surface area contributed by atoms with Gasteiger partial charge < -0.3 is 15.5 Å². The second-order valence-electron chi connectivity index (χ2n) is 5.63. The summed E-state index contributed by atoms with van der Waals surface area (Å²) in [4.78, 5) is 27.4. The number of rotatable bonds is 4. The predicted octanol–water partition coefficient (Wildman–Crippen LogP) is 0.829. The molecule has 0 unspecified atom stereocenters. The zero-order chi connectivity index (χ0) is 14.6. The van der Waals surface area contributed by atoms with Gasteiger partial charge in [0.2, 0.25) is 11.8 Å². The third-order valence-corrected chi connectivity index (χ3v) is 3.97. The molecular weight excluding hydrogens is 242 g/mol. The molecule has 2 amide bonds. The Labute approximate surface area is 116 Å². The fourth-order valence-corrected chi connectivity index (χ4v) is 2.63. The largest absolute Gasteiger partial charge is 0.341 e. The van der Waals surface area contributed by atoms with Crippen LogP contribution in [0.4, 0.5) is 0 Å². The SMILES string of the molecule is CCN(C(C)=O)C1CCN(C(=O)[C@@H](N)C(C)C)CC1. The molecule has 0 aromatic heterocycles. The van der Waals surface area contributed by atoms with Gasteiger partial charge in [-0.25, -0.2) is 0 Å². The van der Waals surface area contributed by atoms with Crippen LogP contribution in [0.5, 0.6) is 0 Å². The Morgan fingerprint density at radius 3 is 2.21 bits per heavy atom. The van der Waals surface area contributed by atoms with Gasteiger partial charge in [0.25, 0.3) is 0 Å². The number of amides is 2. The second-order valence-corrected chi connectivity index (χ2v) is 5.63. The van der Waals surface area contributed by atoms with Crippen LogP contribution in [0.2, 0.25) is 0 Å². The van der Waals surface area contributed by atoms with Crippen LogP contribution in [-0.4, -0.2) is 53.3 Å². The Morgan fingerprint density at radius 1 is 1.32 bits per heavy atom. The van der Waals surface area contributed by atoms with Gasteiger partial charge in [0, 0.05) is 32.6 Å². The topological polar surface area (TPSA) is 66.6 Å². The van der Waals surface area contributed by atoms with Crippen molar-refractivity contribution in [2.24, 2.45) is 11.7 Å². The molecule has 2 N–H and O–H groups in total. The summed E-state index contributed by atoms with van der Waals surface area (Å²) in [6.45, 7) is 9.66. The van der Waals surface area contributed by atoms with Crippen LogP contribution in [0, 0.1) is 5.92 Å². The van der Waals surface area contributed by atoms with Gasteiger partial charge >= 0.3 is 0 Å². The van der Waals surface area contributed by atoms with Crippen LogP contribution in [0.15, 0.2) is 0 Å². The lowest BCUT2D eigenvalue weighted by atomic mass is 9.99. The van der Waals surface area contributed by atoms with Crippen LogP contribution in [0.3, 0.4) is 0 Å². The van der Waals surface area contributed by atoms with Crippen molar-refractivity contribution in [3.05, 3.63) is 0 Å². The molecule has 1 aliphatic rings. The van der Waals surface area contributed by atoms with E-state index in [1.54, 1.807) is 6.92 Å². The highest BCUT2D eigenvalue weighted by Gasteiger charge is 2.30. The Bertz CT molecular complexity index is 323. The number of hydrogen-bond donors (Lipinski definition) is 1. The van der Waals surface area contributed by atoms with E-state index in [-0.39, 0.29) is 23.8 Å². The van der Waals surface area contributed by atoms with E-state index in [0.717, 1.165) is 19.4 Å². The standard InChI is InChI=1S/C14H27N3O2/c1-5-17(11(4)18)12-6-8-16(9-7-12)14(19)13(15)10(2)3/h10,12-13H,5-9,15H2,1-4H3/t13-/m0/s1. The summed E-state index contributed by atoms with van der Waals surface area (Å²) in [6, 6.07) is -0.145. The van der Waals surface area contributed by atoms with E-state index < -0.39 is 6.04 Å². The molecular formula is C14H27N3O2. The van der Waals surface area contributed by atoms with Crippen LogP contribution >= 0.6 is 0 Å². The Morgan fingerprint density at radius 2 is 1.84 bits per heavy atom. The third-order valence-electron chi connectivity index (χ3n) is 3.97. The summed E-state index contributed by atoms with van der Waals surface area (Å²) in [7, 11) is 0. The lowest BCUT2D eigenvalue weighted by molar-refractivity contribution is -0.136. The summed E-state index contributed by atoms with van der Waals surface area (Å²) in [5, 5.41) is 0. The summed E-state index contributed by atoms with van der Waals surface area (Å²) in [5.41, 5.74) is 5.90. The number of piperidine rings is 1. The van der Waals surface area contributed by atoms with Gasteiger partial charge in [0.05, 0.1) is 6.04 Å². The Kier molecular flexibility index (Phi) is 5.79. The smallest absolute Gasteiger partial charge is 0.239 e. The van der Waals surface area contributed by atoms with Crippen LogP contribution in [0.25, 0.3) is 0 Å². The third kappa shape index (κ3) is 3.93. The molecule has 1 aliphatic heterocycles. The van der Waals surface area contributed by atoms with Gasteiger partial charge in [-0.15, -0.1) is 0 Å².